The molecule has 4 rings (SSSR count). The Morgan fingerprint density at radius 2 is 1.96 bits per heavy atom. The average Bonchev–Trinajstić information content (AvgIpc) is 3.09. The van der Waals surface area contributed by atoms with Crippen molar-refractivity contribution >= 4 is 29.2 Å². The molecule has 2 aliphatic rings. The average molecular weight is 338 g/mol. The normalized spacial score (nSPS) is 15.2. The van der Waals surface area contributed by atoms with Gasteiger partial charge < -0.3 is 10.6 Å². The summed E-state index contributed by atoms with van der Waals surface area (Å²) in [4.78, 5) is 49.9. The van der Waals surface area contributed by atoms with Crippen LogP contribution in [0, 0.1) is 0 Å². The lowest BCUT2D eigenvalue weighted by Gasteiger charge is -2.21. The minimum atomic E-state index is -0.639. The fourth-order valence-electron chi connectivity index (χ4n) is 3.46. The van der Waals surface area contributed by atoms with Gasteiger partial charge in [0.05, 0.1) is 22.5 Å². The van der Waals surface area contributed by atoms with E-state index in [4.69, 9.17) is 5.73 Å². The number of hydrogen-bond acceptors (Lipinski definition) is 5. The van der Waals surface area contributed by atoms with Gasteiger partial charge in [-0.25, -0.2) is 0 Å². The van der Waals surface area contributed by atoms with Gasteiger partial charge in [0.1, 0.15) is 5.82 Å². The first kappa shape index (κ1) is 15.1. The molecule has 3 amide bonds. The quantitative estimate of drug-likeness (QED) is 0.722. The van der Waals surface area contributed by atoms with E-state index in [0.29, 0.717) is 24.3 Å². The number of nitrogen functional groups attached to an aromatic ring is 1. The van der Waals surface area contributed by atoms with E-state index < -0.39 is 17.4 Å². The molecule has 0 saturated heterocycles. The summed E-state index contributed by atoms with van der Waals surface area (Å²) in [5, 5.41) is 2.13. The van der Waals surface area contributed by atoms with Crippen molar-refractivity contribution in [2.75, 3.05) is 17.2 Å². The van der Waals surface area contributed by atoms with Crippen molar-refractivity contribution in [3.8, 4) is 5.69 Å². The van der Waals surface area contributed by atoms with Crippen LogP contribution >= 0.6 is 0 Å². The Morgan fingerprint density at radius 3 is 2.68 bits per heavy atom. The first-order chi connectivity index (χ1) is 11.9. The minimum Gasteiger partial charge on any atom is -0.384 e. The minimum absolute atomic E-state index is 0.0189. The number of fused-ring (bicyclic) bond motifs is 2. The van der Waals surface area contributed by atoms with E-state index in [1.165, 1.54) is 11.5 Å². The number of nitrogens with zero attached hydrogens (tertiary/aromatic N) is 2. The monoisotopic (exact) mass is 338 g/mol. The summed E-state index contributed by atoms with van der Waals surface area (Å²) >= 11 is 0. The third-order valence-corrected chi connectivity index (χ3v) is 4.55. The van der Waals surface area contributed by atoms with Crippen molar-refractivity contribution in [1.82, 2.24) is 9.88 Å². The van der Waals surface area contributed by atoms with Crippen molar-refractivity contribution < 1.29 is 14.4 Å². The Bertz CT molecular complexity index is 1040. The van der Waals surface area contributed by atoms with Gasteiger partial charge in [-0.1, -0.05) is 12.1 Å². The van der Waals surface area contributed by atoms with E-state index in [0.717, 1.165) is 11.6 Å². The molecule has 0 fully saturated rings. The summed E-state index contributed by atoms with van der Waals surface area (Å²) in [6.45, 7) is 1.97. The van der Waals surface area contributed by atoms with Crippen LogP contribution in [0.3, 0.4) is 0 Å². The standard InChI is InChI=1S/C17H14N4O4/c1-8(22)20-6-5-9-3-2-4-11(14(9)20)21-12(23)7-10-13(15(21)18)17(25)19-16(10)24/h2-4,7H,5-6,18H2,1H3,(H,19,24,25). The highest BCUT2D eigenvalue weighted by Crippen LogP contribution is 2.35. The van der Waals surface area contributed by atoms with E-state index in [1.54, 1.807) is 17.0 Å². The predicted molar refractivity (Wildman–Crippen MR) is 90.0 cm³/mol. The fourth-order valence-corrected chi connectivity index (χ4v) is 3.46. The topological polar surface area (TPSA) is 114 Å². The van der Waals surface area contributed by atoms with E-state index in [2.05, 4.69) is 5.32 Å². The lowest BCUT2D eigenvalue weighted by molar-refractivity contribution is -0.116. The number of benzene rings is 1. The zero-order valence-electron chi connectivity index (χ0n) is 13.3. The number of imide groups is 1. The molecule has 0 unspecified atom stereocenters. The van der Waals surface area contributed by atoms with Gasteiger partial charge in [-0.3, -0.25) is 29.1 Å². The SMILES string of the molecule is CC(=O)N1CCc2cccc(-n3c(N)c4c(cc3=O)C(=O)NC4=O)c21. The Balaban J connectivity index is 2.03. The number of pyridine rings is 1. The van der Waals surface area contributed by atoms with Crippen molar-refractivity contribution in [2.45, 2.75) is 13.3 Å². The Morgan fingerprint density at radius 1 is 1.20 bits per heavy atom. The molecule has 8 nitrogen and oxygen atoms in total. The molecule has 0 saturated carbocycles. The van der Waals surface area contributed by atoms with Crippen LogP contribution in [0.5, 0.6) is 0 Å². The number of rotatable bonds is 1. The number of aromatic nitrogens is 1. The Kier molecular flexibility index (Phi) is 3.05. The first-order valence-corrected chi connectivity index (χ1v) is 7.71. The van der Waals surface area contributed by atoms with E-state index in [1.807, 2.05) is 6.07 Å². The molecule has 126 valence electrons. The molecule has 3 N–H and O–H groups in total. The second-order valence-electron chi connectivity index (χ2n) is 5.98. The Hall–Kier alpha value is -3.42. The number of carbonyl (C=O) groups is 3. The van der Waals surface area contributed by atoms with Gasteiger partial charge in [0.2, 0.25) is 5.91 Å². The number of hydrogen-bond donors (Lipinski definition) is 2. The summed E-state index contributed by atoms with van der Waals surface area (Å²) in [6, 6.07) is 6.41. The molecule has 8 heteroatoms. The molecule has 25 heavy (non-hydrogen) atoms. The number of carbonyl (C=O) groups excluding carboxylic acids is 3. The lowest BCUT2D eigenvalue weighted by atomic mass is 10.1. The van der Waals surface area contributed by atoms with Crippen molar-refractivity contribution in [2.24, 2.45) is 0 Å². The van der Waals surface area contributed by atoms with Crippen LogP contribution in [0.4, 0.5) is 11.5 Å². The molecule has 0 bridgehead atoms. The summed E-state index contributed by atoms with van der Waals surface area (Å²) in [6.07, 6.45) is 0.668. The molecule has 0 aliphatic carbocycles. The molecular weight excluding hydrogens is 324 g/mol. The molecular formula is C17H14N4O4. The molecule has 2 aliphatic heterocycles. The predicted octanol–water partition coefficient (Wildman–Crippen LogP) is 0.212. The van der Waals surface area contributed by atoms with E-state index in [9.17, 15) is 19.2 Å². The fraction of sp³-hybridized carbons (Fsp3) is 0.176. The van der Waals surface area contributed by atoms with Crippen molar-refractivity contribution in [3.05, 3.63) is 51.3 Å². The van der Waals surface area contributed by atoms with Gasteiger partial charge in [0.15, 0.2) is 0 Å². The molecule has 3 heterocycles. The molecule has 0 spiro atoms. The second-order valence-corrected chi connectivity index (χ2v) is 5.98. The van der Waals surface area contributed by atoms with Gasteiger partial charge in [-0.15, -0.1) is 0 Å². The summed E-state index contributed by atoms with van der Waals surface area (Å²) in [7, 11) is 0. The van der Waals surface area contributed by atoms with E-state index in [-0.39, 0.29) is 22.9 Å². The van der Waals surface area contributed by atoms with Crippen LogP contribution < -0.4 is 21.5 Å². The Labute approximate surface area is 141 Å². The van der Waals surface area contributed by atoms with E-state index >= 15 is 0 Å². The third-order valence-electron chi connectivity index (χ3n) is 4.55. The molecule has 0 atom stereocenters. The highest BCUT2D eigenvalue weighted by atomic mass is 16.2. The maximum Gasteiger partial charge on any atom is 0.262 e. The molecule has 1 aromatic heterocycles. The highest BCUT2D eigenvalue weighted by molar-refractivity contribution is 6.23. The van der Waals surface area contributed by atoms with Crippen LogP contribution in [0.15, 0.2) is 29.1 Å². The van der Waals surface area contributed by atoms with Crippen LogP contribution in [0.2, 0.25) is 0 Å². The molecule has 1 aromatic carbocycles. The third kappa shape index (κ3) is 2.00. The maximum atomic E-state index is 12.6. The van der Waals surface area contributed by atoms with Gasteiger partial charge in [0.25, 0.3) is 17.4 Å². The smallest absolute Gasteiger partial charge is 0.262 e. The zero-order valence-corrected chi connectivity index (χ0v) is 13.3. The van der Waals surface area contributed by atoms with Gasteiger partial charge in [-0.2, -0.15) is 0 Å². The van der Waals surface area contributed by atoms with Crippen LogP contribution in [-0.2, 0) is 11.2 Å². The summed E-state index contributed by atoms with van der Waals surface area (Å²) < 4.78 is 1.18. The summed E-state index contributed by atoms with van der Waals surface area (Å²) in [5.74, 6) is -1.54. The largest absolute Gasteiger partial charge is 0.384 e. The number of nitrogens with one attached hydrogen (secondary N) is 1. The van der Waals surface area contributed by atoms with Crippen molar-refractivity contribution in [1.29, 1.82) is 0 Å². The maximum absolute atomic E-state index is 12.6. The van der Waals surface area contributed by atoms with Crippen LogP contribution in [-0.4, -0.2) is 28.8 Å². The molecule has 0 radical (unpaired) electrons. The van der Waals surface area contributed by atoms with Gasteiger partial charge in [0, 0.05) is 19.5 Å². The number of anilines is 2. The van der Waals surface area contributed by atoms with Gasteiger partial charge >= 0.3 is 0 Å². The number of nitrogens with two attached hydrogens (primary N) is 1. The summed E-state index contributed by atoms with van der Waals surface area (Å²) in [5.41, 5.74) is 7.44. The number of amides is 3. The second kappa shape index (κ2) is 5.04. The number of para-hydroxylation sites is 1. The van der Waals surface area contributed by atoms with Crippen LogP contribution in [0.25, 0.3) is 5.69 Å². The lowest BCUT2D eigenvalue weighted by Crippen LogP contribution is -2.29. The highest BCUT2D eigenvalue weighted by Gasteiger charge is 2.33. The zero-order chi connectivity index (χ0) is 17.9. The van der Waals surface area contributed by atoms with Crippen molar-refractivity contribution in [3.63, 3.8) is 0 Å². The van der Waals surface area contributed by atoms with Gasteiger partial charge in [-0.05, 0) is 18.1 Å². The first-order valence-electron chi connectivity index (χ1n) is 7.71. The molecule has 2 aromatic rings. The van der Waals surface area contributed by atoms with Crippen LogP contribution in [0.1, 0.15) is 33.2 Å².